The highest BCUT2D eigenvalue weighted by atomic mass is 31.1. The Morgan fingerprint density at radius 2 is 1.83 bits per heavy atom. The van der Waals surface area contributed by atoms with E-state index in [2.05, 4.69) is 44.2 Å². The zero-order valence-corrected chi connectivity index (χ0v) is 8.59. The van der Waals surface area contributed by atoms with Crippen LogP contribution in [0.1, 0.15) is 13.8 Å². The van der Waals surface area contributed by atoms with Crippen LogP contribution in [0.3, 0.4) is 0 Å². The van der Waals surface area contributed by atoms with Crippen molar-refractivity contribution in [2.24, 2.45) is 5.92 Å². The Labute approximate surface area is 75.7 Å². The summed E-state index contributed by atoms with van der Waals surface area (Å²) in [6.07, 6.45) is 1.44. The summed E-state index contributed by atoms with van der Waals surface area (Å²) in [5, 5.41) is 1.60. The Morgan fingerprint density at radius 3 is 2.33 bits per heavy atom. The third kappa shape index (κ3) is 1.29. The van der Waals surface area contributed by atoms with Gasteiger partial charge in [0.05, 0.1) is 0 Å². The van der Waals surface area contributed by atoms with Gasteiger partial charge in [0.25, 0.3) is 0 Å². The van der Waals surface area contributed by atoms with Crippen LogP contribution in [0.2, 0.25) is 0 Å². The number of hydrogen-bond donors (Lipinski definition) is 0. The molecule has 1 fully saturated rings. The molecule has 64 valence electrons. The van der Waals surface area contributed by atoms with E-state index in [1.54, 1.807) is 5.30 Å². The van der Waals surface area contributed by atoms with E-state index in [1.165, 1.54) is 6.16 Å². The van der Waals surface area contributed by atoms with Crippen LogP contribution in [0, 0.1) is 5.92 Å². The van der Waals surface area contributed by atoms with Gasteiger partial charge in [-0.15, -0.1) is 0 Å². The summed E-state index contributed by atoms with van der Waals surface area (Å²) in [6.45, 7) is 4.76. The van der Waals surface area contributed by atoms with E-state index < -0.39 is 0 Å². The van der Waals surface area contributed by atoms with Crippen molar-refractivity contribution < 1.29 is 0 Å². The second-order valence-corrected chi connectivity index (χ2v) is 6.34. The summed E-state index contributed by atoms with van der Waals surface area (Å²) in [5.74, 6) is 0.955. The highest BCUT2D eigenvalue weighted by Crippen LogP contribution is 2.55. The van der Waals surface area contributed by atoms with Gasteiger partial charge in [-0.05, 0) is 23.0 Å². The molecule has 1 heterocycles. The molecular weight excluding hydrogens is 163 g/mol. The molecular formula is C11H15P. The highest BCUT2D eigenvalue weighted by molar-refractivity contribution is 7.67. The van der Waals surface area contributed by atoms with Crippen LogP contribution >= 0.6 is 7.92 Å². The molecule has 2 rings (SSSR count). The van der Waals surface area contributed by atoms with Gasteiger partial charge in [-0.2, -0.15) is 0 Å². The summed E-state index contributed by atoms with van der Waals surface area (Å²) in [5.41, 5.74) is 0.947. The molecule has 0 amide bonds. The Bertz CT molecular complexity index is 255. The van der Waals surface area contributed by atoms with Crippen molar-refractivity contribution in [2.75, 3.05) is 6.16 Å². The minimum absolute atomic E-state index is 0.207. The fourth-order valence-corrected chi connectivity index (χ4v) is 4.59. The molecule has 0 saturated carbocycles. The maximum absolute atomic E-state index is 2.40. The van der Waals surface area contributed by atoms with Crippen molar-refractivity contribution in [3.63, 3.8) is 0 Å². The number of hydrogen-bond acceptors (Lipinski definition) is 0. The molecule has 1 aliphatic rings. The van der Waals surface area contributed by atoms with Gasteiger partial charge in [0.1, 0.15) is 0 Å². The van der Waals surface area contributed by atoms with Crippen LogP contribution < -0.4 is 5.30 Å². The van der Waals surface area contributed by atoms with E-state index in [0.29, 0.717) is 0 Å². The lowest BCUT2D eigenvalue weighted by molar-refractivity contribution is 0.592. The van der Waals surface area contributed by atoms with Crippen molar-refractivity contribution in [1.29, 1.82) is 0 Å². The second kappa shape index (κ2) is 3.18. The standard InChI is InChI=1S/C11H15P/c1-9-8-12(10(9)2)11-6-4-3-5-7-11/h3-7,9-10H,8H2,1-2H3. The smallest absolute Gasteiger partial charge is 0.0168 e. The molecule has 0 nitrogen and oxygen atoms in total. The third-order valence-electron chi connectivity index (χ3n) is 2.89. The van der Waals surface area contributed by atoms with Crippen molar-refractivity contribution in [3.8, 4) is 0 Å². The normalized spacial score (nSPS) is 34.3. The van der Waals surface area contributed by atoms with Crippen molar-refractivity contribution in [3.05, 3.63) is 30.3 Å². The van der Waals surface area contributed by atoms with Crippen LogP contribution in [-0.4, -0.2) is 11.8 Å². The Morgan fingerprint density at radius 1 is 1.17 bits per heavy atom. The molecule has 1 heteroatoms. The lowest BCUT2D eigenvalue weighted by atomic mass is 10.1. The quantitative estimate of drug-likeness (QED) is 0.580. The first-order valence-electron chi connectivity index (χ1n) is 4.60. The molecule has 0 spiro atoms. The van der Waals surface area contributed by atoms with Crippen LogP contribution in [0.4, 0.5) is 0 Å². The van der Waals surface area contributed by atoms with Gasteiger partial charge >= 0.3 is 0 Å². The molecule has 3 atom stereocenters. The fourth-order valence-electron chi connectivity index (χ4n) is 1.76. The summed E-state index contributed by atoms with van der Waals surface area (Å²) in [6, 6.07) is 11.0. The number of benzene rings is 1. The first-order chi connectivity index (χ1) is 5.79. The maximum Gasteiger partial charge on any atom is -0.0168 e. The zero-order chi connectivity index (χ0) is 8.55. The van der Waals surface area contributed by atoms with Gasteiger partial charge in [-0.1, -0.05) is 52.1 Å². The average molecular weight is 178 g/mol. The Kier molecular flexibility index (Phi) is 2.19. The monoisotopic (exact) mass is 178 g/mol. The van der Waals surface area contributed by atoms with E-state index >= 15 is 0 Å². The first kappa shape index (κ1) is 8.26. The second-order valence-electron chi connectivity index (χ2n) is 3.71. The van der Waals surface area contributed by atoms with E-state index in [1.807, 2.05) is 0 Å². The van der Waals surface area contributed by atoms with Gasteiger partial charge in [0, 0.05) is 0 Å². The van der Waals surface area contributed by atoms with E-state index in [-0.39, 0.29) is 7.92 Å². The van der Waals surface area contributed by atoms with Gasteiger partial charge in [-0.25, -0.2) is 0 Å². The zero-order valence-electron chi connectivity index (χ0n) is 7.70. The molecule has 0 aliphatic carbocycles. The van der Waals surface area contributed by atoms with Crippen LogP contribution in [0.25, 0.3) is 0 Å². The lowest BCUT2D eigenvalue weighted by Crippen LogP contribution is -2.33. The first-order valence-corrected chi connectivity index (χ1v) is 6.20. The highest BCUT2D eigenvalue weighted by Gasteiger charge is 2.34. The van der Waals surface area contributed by atoms with Gasteiger partial charge in [0.15, 0.2) is 0 Å². The maximum atomic E-state index is 2.40. The van der Waals surface area contributed by atoms with Gasteiger partial charge in [-0.3, -0.25) is 0 Å². The average Bonchev–Trinajstić information content (AvgIpc) is 2.15. The van der Waals surface area contributed by atoms with E-state index in [0.717, 1.165) is 11.6 Å². The lowest BCUT2D eigenvalue weighted by Gasteiger charge is -2.41. The SMILES string of the molecule is CC1CP(c2ccccc2)C1C. The predicted molar refractivity (Wildman–Crippen MR) is 56.5 cm³/mol. The minimum Gasteiger partial charge on any atom is -0.0718 e. The van der Waals surface area contributed by atoms with Gasteiger partial charge < -0.3 is 0 Å². The molecule has 1 aliphatic heterocycles. The molecule has 0 N–H and O–H groups in total. The predicted octanol–water partition coefficient (Wildman–Crippen LogP) is 2.83. The molecule has 0 aromatic heterocycles. The minimum atomic E-state index is 0.207. The molecule has 1 aromatic rings. The fraction of sp³-hybridized carbons (Fsp3) is 0.455. The molecule has 0 radical (unpaired) electrons. The molecule has 1 aromatic carbocycles. The Balaban J connectivity index is 2.13. The molecule has 12 heavy (non-hydrogen) atoms. The Hall–Kier alpha value is -0.350. The third-order valence-corrected chi connectivity index (χ3v) is 6.31. The van der Waals surface area contributed by atoms with Crippen molar-refractivity contribution in [2.45, 2.75) is 19.5 Å². The van der Waals surface area contributed by atoms with E-state index in [9.17, 15) is 0 Å². The molecule has 0 bridgehead atoms. The summed E-state index contributed by atoms with van der Waals surface area (Å²) in [7, 11) is 0.207. The topological polar surface area (TPSA) is 0 Å². The van der Waals surface area contributed by atoms with Crippen molar-refractivity contribution in [1.82, 2.24) is 0 Å². The summed E-state index contributed by atoms with van der Waals surface area (Å²) in [4.78, 5) is 0. The molecule has 1 saturated heterocycles. The molecule has 3 unspecified atom stereocenters. The van der Waals surface area contributed by atoms with Gasteiger partial charge in [0.2, 0.25) is 0 Å². The van der Waals surface area contributed by atoms with Crippen LogP contribution in [-0.2, 0) is 0 Å². The summed E-state index contributed by atoms with van der Waals surface area (Å²) >= 11 is 0. The van der Waals surface area contributed by atoms with Crippen molar-refractivity contribution >= 4 is 13.2 Å². The largest absolute Gasteiger partial charge is 0.0718 e. The van der Waals surface area contributed by atoms with E-state index in [4.69, 9.17) is 0 Å². The van der Waals surface area contributed by atoms with Crippen LogP contribution in [0.15, 0.2) is 30.3 Å². The van der Waals surface area contributed by atoms with Crippen LogP contribution in [0.5, 0.6) is 0 Å². The summed E-state index contributed by atoms with van der Waals surface area (Å²) < 4.78 is 0. The number of rotatable bonds is 1.